The first kappa shape index (κ1) is 22.0. The molecule has 0 aliphatic rings. The zero-order chi connectivity index (χ0) is 22.6. The van der Waals surface area contributed by atoms with Crippen LogP contribution in [0.15, 0.2) is 40.0 Å². The largest absolute Gasteiger partial charge is 0.456 e. The van der Waals surface area contributed by atoms with Crippen molar-refractivity contribution in [3.63, 3.8) is 0 Å². The van der Waals surface area contributed by atoms with Crippen LogP contribution in [0.2, 0.25) is 0 Å². The van der Waals surface area contributed by atoms with Crippen molar-refractivity contribution in [3.05, 3.63) is 52.3 Å². The number of hydrogen-bond acceptors (Lipinski definition) is 10. The molecule has 0 spiro atoms. The fourth-order valence-corrected chi connectivity index (χ4v) is 3.46. The second-order valence-electron chi connectivity index (χ2n) is 6.36. The molecule has 3 aromatic rings. The number of esters is 1. The summed E-state index contributed by atoms with van der Waals surface area (Å²) in [7, 11) is -2.16. The SMILES string of the molecule is Cc1nc(S(=O)(=O)NCCC(=O)OCc2nc(-c3ccc([N+](=O)[O-])cc3)no2)cn1C. The minimum atomic E-state index is -3.83. The third-order valence-corrected chi connectivity index (χ3v) is 5.48. The molecule has 0 saturated carbocycles. The van der Waals surface area contributed by atoms with Crippen LogP contribution in [0.4, 0.5) is 5.69 Å². The summed E-state index contributed by atoms with van der Waals surface area (Å²) < 4.78 is 38.1. The molecule has 0 fully saturated rings. The van der Waals surface area contributed by atoms with Crippen molar-refractivity contribution >= 4 is 21.7 Å². The lowest BCUT2D eigenvalue weighted by atomic mass is 10.2. The van der Waals surface area contributed by atoms with Crippen LogP contribution < -0.4 is 4.72 Å². The van der Waals surface area contributed by atoms with Gasteiger partial charge in [0.25, 0.3) is 21.6 Å². The number of carbonyl (C=O) groups is 1. The summed E-state index contributed by atoms with van der Waals surface area (Å²) >= 11 is 0. The highest BCUT2D eigenvalue weighted by Crippen LogP contribution is 2.20. The van der Waals surface area contributed by atoms with Gasteiger partial charge in [-0.05, 0) is 19.1 Å². The van der Waals surface area contributed by atoms with E-state index < -0.39 is 20.9 Å². The average Bonchev–Trinajstić information content (AvgIpc) is 3.33. The Morgan fingerprint density at radius 2 is 2.00 bits per heavy atom. The van der Waals surface area contributed by atoms with Crippen LogP contribution in [0, 0.1) is 17.0 Å². The summed E-state index contributed by atoms with van der Waals surface area (Å²) in [5.41, 5.74) is 0.418. The second-order valence-corrected chi connectivity index (χ2v) is 8.08. The summed E-state index contributed by atoms with van der Waals surface area (Å²) in [6, 6.07) is 5.54. The smallest absolute Gasteiger partial charge is 0.307 e. The third kappa shape index (κ3) is 5.49. The van der Waals surface area contributed by atoms with E-state index in [2.05, 4.69) is 19.8 Å². The van der Waals surface area contributed by atoms with E-state index in [4.69, 9.17) is 9.26 Å². The second kappa shape index (κ2) is 9.01. The van der Waals surface area contributed by atoms with Crippen LogP contribution in [0.1, 0.15) is 18.1 Å². The highest BCUT2D eigenvalue weighted by atomic mass is 32.2. The first-order valence-electron chi connectivity index (χ1n) is 8.88. The van der Waals surface area contributed by atoms with E-state index in [9.17, 15) is 23.3 Å². The number of nitrogens with zero attached hydrogens (tertiary/aromatic N) is 5. The van der Waals surface area contributed by atoms with Gasteiger partial charge >= 0.3 is 5.97 Å². The van der Waals surface area contributed by atoms with Crippen molar-refractivity contribution < 1.29 is 27.4 Å². The first-order chi connectivity index (χ1) is 14.7. The average molecular weight is 450 g/mol. The lowest BCUT2D eigenvalue weighted by Crippen LogP contribution is -2.27. The molecule has 0 radical (unpaired) electrons. The minimum absolute atomic E-state index is 0.0197. The molecule has 3 rings (SSSR count). The molecule has 0 aliphatic carbocycles. The highest BCUT2D eigenvalue weighted by molar-refractivity contribution is 7.89. The maximum Gasteiger partial charge on any atom is 0.307 e. The maximum absolute atomic E-state index is 12.1. The number of nitrogens with one attached hydrogen (secondary N) is 1. The van der Waals surface area contributed by atoms with Crippen LogP contribution >= 0.6 is 0 Å². The Morgan fingerprint density at radius 3 is 2.61 bits per heavy atom. The van der Waals surface area contributed by atoms with Gasteiger partial charge in [-0.3, -0.25) is 14.9 Å². The van der Waals surface area contributed by atoms with Crippen molar-refractivity contribution in [2.75, 3.05) is 6.54 Å². The molecule has 2 heterocycles. The van der Waals surface area contributed by atoms with Crippen LogP contribution in [-0.2, 0) is 33.2 Å². The molecular formula is C17H18N6O7S. The zero-order valence-corrected chi connectivity index (χ0v) is 17.3. The molecule has 1 aromatic carbocycles. The van der Waals surface area contributed by atoms with Gasteiger partial charge in [0.05, 0.1) is 11.3 Å². The molecule has 0 bridgehead atoms. The third-order valence-electron chi connectivity index (χ3n) is 4.14. The molecule has 1 N–H and O–H groups in total. The van der Waals surface area contributed by atoms with E-state index in [1.807, 2.05) is 0 Å². The van der Waals surface area contributed by atoms with Crippen LogP contribution in [0.5, 0.6) is 0 Å². The van der Waals surface area contributed by atoms with E-state index in [0.717, 1.165) is 0 Å². The van der Waals surface area contributed by atoms with Crippen LogP contribution in [-0.4, -0.2) is 45.5 Å². The van der Waals surface area contributed by atoms with Gasteiger partial charge in [-0.2, -0.15) is 4.98 Å². The monoisotopic (exact) mass is 450 g/mol. The summed E-state index contributed by atoms with van der Waals surface area (Å²) in [4.78, 5) is 30.0. The Kier molecular flexibility index (Phi) is 6.41. The Bertz CT molecular complexity index is 1180. The lowest BCUT2D eigenvalue weighted by Gasteiger charge is -2.04. The van der Waals surface area contributed by atoms with E-state index in [-0.39, 0.29) is 42.0 Å². The maximum atomic E-state index is 12.1. The highest BCUT2D eigenvalue weighted by Gasteiger charge is 2.19. The molecule has 0 atom stereocenters. The quantitative estimate of drug-likeness (QED) is 0.282. The standard InChI is InChI=1S/C17H18N6O7S/c1-11-19-15(9-22(11)2)31(27,28)18-8-7-16(24)29-10-14-20-17(21-30-14)12-3-5-13(6-4-12)23(25)26/h3-6,9,18H,7-8,10H2,1-2H3. The summed E-state index contributed by atoms with van der Waals surface area (Å²) in [6.07, 6.45) is 1.16. The van der Waals surface area contributed by atoms with Crippen molar-refractivity contribution in [2.24, 2.45) is 7.05 Å². The lowest BCUT2D eigenvalue weighted by molar-refractivity contribution is -0.384. The molecule has 2 aromatic heterocycles. The van der Waals surface area contributed by atoms with Gasteiger partial charge in [-0.15, -0.1) is 0 Å². The van der Waals surface area contributed by atoms with Gasteiger partial charge < -0.3 is 13.8 Å². The molecule has 0 unspecified atom stereocenters. The number of carbonyl (C=O) groups excluding carboxylic acids is 1. The van der Waals surface area contributed by atoms with Gasteiger partial charge in [-0.25, -0.2) is 18.1 Å². The fraction of sp³-hybridized carbons (Fsp3) is 0.294. The molecule has 0 amide bonds. The molecule has 14 heteroatoms. The Hall–Kier alpha value is -3.65. The van der Waals surface area contributed by atoms with Crippen molar-refractivity contribution in [2.45, 2.75) is 25.0 Å². The number of aryl methyl sites for hydroxylation is 2. The molecule has 164 valence electrons. The number of aromatic nitrogens is 4. The van der Waals surface area contributed by atoms with Crippen molar-refractivity contribution in [1.29, 1.82) is 0 Å². The number of ether oxygens (including phenoxy) is 1. The normalized spacial score (nSPS) is 11.4. The van der Waals surface area contributed by atoms with Gasteiger partial charge in [0.15, 0.2) is 11.6 Å². The van der Waals surface area contributed by atoms with E-state index in [0.29, 0.717) is 11.4 Å². The van der Waals surface area contributed by atoms with Gasteiger partial charge in [0.1, 0.15) is 5.82 Å². The fourth-order valence-electron chi connectivity index (χ4n) is 2.39. The number of imidazole rings is 1. The Labute approximate surface area is 176 Å². The van der Waals surface area contributed by atoms with Crippen molar-refractivity contribution in [1.82, 2.24) is 24.4 Å². The molecule has 13 nitrogen and oxygen atoms in total. The number of rotatable bonds is 9. The van der Waals surface area contributed by atoms with E-state index in [1.54, 1.807) is 18.5 Å². The Morgan fingerprint density at radius 1 is 1.29 bits per heavy atom. The number of benzene rings is 1. The number of non-ortho nitro benzene ring substituents is 1. The van der Waals surface area contributed by atoms with Gasteiger partial charge in [0.2, 0.25) is 5.82 Å². The molecule has 0 aliphatic heterocycles. The van der Waals surface area contributed by atoms with E-state index >= 15 is 0 Å². The molecule has 31 heavy (non-hydrogen) atoms. The van der Waals surface area contributed by atoms with Crippen molar-refractivity contribution in [3.8, 4) is 11.4 Å². The van der Waals surface area contributed by atoms with Crippen LogP contribution in [0.25, 0.3) is 11.4 Å². The summed E-state index contributed by atoms with van der Waals surface area (Å²) in [5, 5.41) is 14.3. The number of nitro groups is 1. The topological polar surface area (TPSA) is 172 Å². The van der Waals surface area contributed by atoms with Gasteiger partial charge in [0, 0.05) is 37.5 Å². The van der Waals surface area contributed by atoms with Gasteiger partial charge in [-0.1, -0.05) is 5.16 Å². The minimum Gasteiger partial charge on any atom is -0.456 e. The predicted molar refractivity (Wildman–Crippen MR) is 104 cm³/mol. The zero-order valence-electron chi connectivity index (χ0n) is 16.5. The summed E-state index contributed by atoms with van der Waals surface area (Å²) in [6.45, 7) is 1.20. The number of sulfonamides is 1. The molecular weight excluding hydrogens is 432 g/mol. The number of nitro benzene ring substituents is 1. The first-order valence-corrected chi connectivity index (χ1v) is 10.4. The van der Waals surface area contributed by atoms with Crippen LogP contribution in [0.3, 0.4) is 0 Å². The summed E-state index contributed by atoms with van der Waals surface area (Å²) in [5.74, 6) is 0.0630. The Balaban J connectivity index is 1.47. The predicted octanol–water partition coefficient (Wildman–Crippen LogP) is 1.10. The number of hydrogen-bond donors (Lipinski definition) is 1. The molecule has 0 saturated heterocycles. The van der Waals surface area contributed by atoms with E-state index in [1.165, 1.54) is 30.5 Å².